The molecule has 0 saturated carbocycles. The van der Waals surface area contributed by atoms with Gasteiger partial charge >= 0.3 is 6.09 Å². The first-order chi connectivity index (χ1) is 13.8. The van der Waals surface area contributed by atoms with E-state index in [9.17, 15) is 4.79 Å². The van der Waals surface area contributed by atoms with E-state index in [-0.39, 0.29) is 12.1 Å². The van der Waals surface area contributed by atoms with Gasteiger partial charge in [-0.05, 0) is 63.5 Å². The van der Waals surface area contributed by atoms with Crippen molar-refractivity contribution in [1.82, 2.24) is 14.9 Å². The lowest BCUT2D eigenvalue weighted by molar-refractivity contribution is 0.0507. The van der Waals surface area contributed by atoms with Crippen molar-refractivity contribution in [2.24, 2.45) is 0 Å². The molecule has 0 saturated heterocycles. The zero-order chi connectivity index (χ0) is 20.9. The highest BCUT2D eigenvalue weighted by atomic mass is 16.6. The maximum Gasteiger partial charge on any atom is 0.407 e. The van der Waals surface area contributed by atoms with Crippen LogP contribution in [0.25, 0.3) is 5.57 Å². The average Bonchev–Trinajstić information content (AvgIpc) is 3.30. The predicted octanol–water partition coefficient (Wildman–Crippen LogP) is 4.04. The zero-order valence-electron chi connectivity index (χ0n) is 17.5. The van der Waals surface area contributed by atoms with Crippen molar-refractivity contribution in [3.63, 3.8) is 0 Å². The number of nitrogens with one attached hydrogen (secondary N) is 1. The number of imidazole rings is 1. The number of hydrogen-bond donors (Lipinski definition) is 1. The molecular weight excluding hydrogens is 370 g/mol. The molecule has 1 aromatic heterocycles. The topological polar surface area (TPSA) is 74.6 Å². The summed E-state index contributed by atoms with van der Waals surface area (Å²) in [5, 5.41) is 2.94. The van der Waals surface area contributed by atoms with Crippen LogP contribution in [0.3, 0.4) is 0 Å². The Morgan fingerprint density at radius 3 is 2.66 bits per heavy atom. The largest absolute Gasteiger partial charge is 0.497 e. The molecular formula is C22H29N3O4. The molecule has 1 aliphatic rings. The van der Waals surface area contributed by atoms with Gasteiger partial charge in [0.25, 0.3) is 0 Å². The highest BCUT2D eigenvalue weighted by Crippen LogP contribution is 2.28. The number of aromatic nitrogens is 2. The van der Waals surface area contributed by atoms with Crippen molar-refractivity contribution in [3.8, 4) is 11.5 Å². The van der Waals surface area contributed by atoms with E-state index in [2.05, 4.69) is 20.9 Å². The second-order valence-corrected chi connectivity index (χ2v) is 8.01. The van der Waals surface area contributed by atoms with Gasteiger partial charge in [-0.3, -0.25) is 0 Å². The highest BCUT2D eigenvalue weighted by molar-refractivity contribution is 5.71. The van der Waals surface area contributed by atoms with Crippen LogP contribution in [0, 0.1) is 0 Å². The van der Waals surface area contributed by atoms with Crippen LogP contribution in [0.5, 0.6) is 11.5 Å². The van der Waals surface area contributed by atoms with E-state index in [1.807, 2.05) is 57.6 Å². The molecule has 0 fully saturated rings. The second-order valence-electron chi connectivity index (χ2n) is 8.01. The number of nitrogens with zero attached hydrogens (tertiary/aromatic N) is 2. The fraction of sp³-hybridized carbons (Fsp3) is 0.455. The molecule has 1 amide bonds. The van der Waals surface area contributed by atoms with Crippen LogP contribution in [-0.2, 0) is 11.3 Å². The van der Waals surface area contributed by atoms with Crippen LogP contribution in [0.1, 0.15) is 39.3 Å². The second kappa shape index (κ2) is 9.03. The summed E-state index contributed by atoms with van der Waals surface area (Å²) in [4.78, 5) is 16.3. The molecule has 1 heterocycles. The number of benzene rings is 1. The monoisotopic (exact) mass is 399 g/mol. The van der Waals surface area contributed by atoms with Crippen molar-refractivity contribution in [3.05, 3.63) is 48.6 Å². The molecule has 1 aromatic carbocycles. The Hall–Kier alpha value is -2.96. The molecule has 1 aliphatic carbocycles. The third-order valence-corrected chi connectivity index (χ3v) is 4.54. The lowest BCUT2D eigenvalue weighted by atomic mass is 10.1. The van der Waals surface area contributed by atoms with Gasteiger partial charge in [0.05, 0.1) is 31.9 Å². The summed E-state index contributed by atoms with van der Waals surface area (Å²) in [6.45, 7) is 6.79. The number of rotatable bonds is 7. The minimum absolute atomic E-state index is 0.0405. The SMILES string of the molecule is COc1ccc(OCCn2cncc2C2=CCC(NC(=O)OC(C)(C)C)C2)cc1. The van der Waals surface area contributed by atoms with Crippen molar-refractivity contribution in [2.75, 3.05) is 13.7 Å². The lowest BCUT2D eigenvalue weighted by Gasteiger charge is -2.21. The molecule has 0 spiro atoms. The maximum atomic E-state index is 12.0. The van der Waals surface area contributed by atoms with Gasteiger partial charge in [-0.2, -0.15) is 0 Å². The predicted molar refractivity (Wildman–Crippen MR) is 111 cm³/mol. The average molecular weight is 399 g/mol. The lowest BCUT2D eigenvalue weighted by Crippen LogP contribution is -2.38. The third kappa shape index (κ3) is 6.01. The first-order valence-electron chi connectivity index (χ1n) is 9.80. The number of amides is 1. The third-order valence-electron chi connectivity index (χ3n) is 4.54. The van der Waals surface area contributed by atoms with Gasteiger partial charge in [-0.1, -0.05) is 6.08 Å². The Morgan fingerprint density at radius 2 is 1.97 bits per heavy atom. The van der Waals surface area contributed by atoms with Gasteiger partial charge in [-0.15, -0.1) is 0 Å². The van der Waals surface area contributed by atoms with Crippen molar-refractivity contribution < 1.29 is 19.0 Å². The molecule has 2 aromatic rings. The molecule has 7 nitrogen and oxygen atoms in total. The molecule has 1 N–H and O–H groups in total. The van der Waals surface area contributed by atoms with Crippen LogP contribution in [-0.4, -0.2) is 41.0 Å². The summed E-state index contributed by atoms with van der Waals surface area (Å²) >= 11 is 0. The normalized spacial score (nSPS) is 16.3. The standard InChI is InChI=1S/C22H29N3O4/c1-22(2,3)29-21(26)24-17-6-5-16(13-17)20-14-23-15-25(20)11-12-28-19-9-7-18(27-4)8-10-19/h5,7-10,14-15,17H,6,11-13H2,1-4H3,(H,24,26). The molecule has 156 valence electrons. The van der Waals surface area contributed by atoms with Crippen LogP contribution < -0.4 is 14.8 Å². The molecule has 7 heteroatoms. The Labute approximate surface area is 171 Å². The van der Waals surface area contributed by atoms with Crippen LogP contribution >= 0.6 is 0 Å². The van der Waals surface area contributed by atoms with E-state index in [0.29, 0.717) is 13.2 Å². The molecule has 0 radical (unpaired) electrons. The number of carbonyl (C=O) groups excluding carboxylic acids is 1. The Kier molecular flexibility index (Phi) is 6.46. The fourth-order valence-electron chi connectivity index (χ4n) is 3.21. The molecule has 0 bridgehead atoms. The Bertz CT molecular complexity index is 850. The van der Waals surface area contributed by atoms with Crippen molar-refractivity contribution in [1.29, 1.82) is 0 Å². The van der Waals surface area contributed by atoms with Gasteiger partial charge in [0, 0.05) is 6.04 Å². The number of methoxy groups -OCH3 is 1. The van der Waals surface area contributed by atoms with Crippen molar-refractivity contribution in [2.45, 2.75) is 51.8 Å². The minimum atomic E-state index is -0.499. The maximum absolute atomic E-state index is 12.0. The summed E-state index contributed by atoms with van der Waals surface area (Å²) in [6.07, 6.45) is 6.97. The quantitative estimate of drug-likeness (QED) is 0.761. The van der Waals surface area contributed by atoms with E-state index in [0.717, 1.165) is 30.0 Å². The van der Waals surface area contributed by atoms with Crippen molar-refractivity contribution >= 4 is 11.7 Å². The number of alkyl carbamates (subject to hydrolysis) is 1. The van der Waals surface area contributed by atoms with E-state index in [1.54, 1.807) is 7.11 Å². The number of carbonyl (C=O) groups is 1. The van der Waals surface area contributed by atoms with Crippen LogP contribution in [0.15, 0.2) is 42.9 Å². The van der Waals surface area contributed by atoms with Crippen LogP contribution in [0.4, 0.5) is 4.79 Å². The first kappa shape index (κ1) is 20.8. The Morgan fingerprint density at radius 1 is 1.24 bits per heavy atom. The van der Waals surface area contributed by atoms with Gasteiger partial charge < -0.3 is 24.1 Å². The first-order valence-corrected chi connectivity index (χ1v) is 9.80. The van der Waals surface area contributed by atoms with E-state index >= 15 is 0 Å². The van der Waals surface area contributed by atoms with Gasteiger partial charge in [-0.25, -0.2) is 9.78 Å². The molecule has 29 heavy (non-hydrogen) atoms. The van der Waals surface area contributed by atoms with E-state index in [4.69, 9.17) is 14.2 Å². The summed E-state index contributed by atoms with van der Waals surface area (Å²) in [5.74, 6) is 1.60. The zero-order valence-corrected chi connectivity index (χ0v) is 17.5. The minimum Gasteiger partial charge on any atom is -0.497 e. The van der Waals surface area contributed by atoms with E-state index in [1.165, 1.54) is 5.57 Å². The molecule has 1 atom stereocenters. The smallest absolute Gasteiger partial charge is 0.407 e. The Balaban J connectivity index is 1.50. The van der Waals surface area contributed by atoms with Crippen LogP contribution in [0.2, 0.25) is 0 Å². The summed E-state index contributed by atoms with van der Waals surface area (Å²) in [5.41, 5.74) is 1.73. The molecule has 0 aliphatic heterocycles. The fourth-order valence-corrected chi connectivity index (χ4v) is 3.21. The van der Waals surface area contributed by atoms with E-state index < -0.39 is 5.60 Å². The molecule has 1 unspecified atom stereocenters. The summed E-state index contributed by atoms with van der Waals surface area (Å²) in [6, 6.07) is 7.57. The highest BCUT2D eigenvalue weighted by Gasteiger charge is 2.24. The van der Waals surface area contributed by atoms with Gasteiger partial charge in [0.1, 0.15) is 23.7 Å². The van der Waals surface area contributed by atoms with Gasteiger partial charge in [0.2, 0.25) is 0 Å². The van der Waals surface area contributed by atoms with Gasteiger partial charge in [0.15, 0.2) is 0 Å². The summed E-state index contributed by atoms with van der Waals surface area (Å²) < 4.78 is 18.4. The number of ether oxygens (including phenoxy) is 3. The molecule has 3 rings (SSSR count). The summed E-state index contributed by atoms with van der Waals surface area (Å²) in [7, 11) is 1.64. The number of hydrogen-bond acceptors (Lipinski definition) is 5.